The Hall–Kier alpha value is -4.46. The highest BCUT2D eigenvalue weighted by atomic mass is 19.1. The zero-order valence-corrected chi connectivity index (χ0v) is 20.8. The maximum absolute atomic E-state index is 13.2. The van der Waals surface area contributed by atoms with Crippen molar-refractivity contribution in [2.24, 2.45) is 0 Å². The normalized spacial score (nSPS) is 11.1. The number of carbonyl (C=O) groups excluding carboxylic acids is 1. The van der Waals surface area contributed by atoms with E-state index in [1.807, 2.05) is 60.1 Å². The van der Waals surface area contributed by atoms with Gasteiger partial charge in [-0.2, -0.15) is 5.10 Å². The van der Waals surface area contributed by atoms with E-state index in [0.717, 1.165) is 46.7 Å². The van der Waals surface area contributed by atoms with Crippen molar-refractivity contribution in [3.8, 4) is 17.0 Å². The quantitative estimate of drug-likeness (QED) is 0.294. The summed E-state index contributed by atoms with van der Waals surface area (Å²) in [5, 5.41) is 7.35. The number of aromatic amines is 1. The molecule has 0 saturated carbocycles. The van der Waals surface area contributed by atoms with E-state index in [-0.39, 0.29) is 18.3 Å². The first-order chi connectivity index (χ1) is 18.0. The first-order valence-electron chi connectivity index (χ1n) is 12.2. The van der Waals surface area contributed by atoms with Crippen LogP contribution in [-0.4, -0.2) is 44.0 Å². The maximum atomic E-state index is 13.2. The Bertz CT molecular complexity index is 1520. The number of rotatable bonds is 9. The Balaban J connectivity index is 1.17. The highest BCUT2D eigenvalue weighted by Crippen LogP contribution is 2.22. The Morgan fingerprint density at radius 1 is 1.11 bits per heavy atom. The SMILES string of the molecule is Cc1cccn2cc(COc3ccccc3C(=O)N(C)CCCc3cc(-c4ccc(F)cc4)n[nH]3)nc12. The number of ether oxygens (including phenoxy) is 1. The van der Waals surface area contributed by atoms with E-state index in [2.05, 4.69) is 15.2 Å². The molecule has 0 saturated heterocycles. The van der Waals surface area contributed by atoms with Crippen LogP contribution in [0.1, 0.15) is 33.7 Å². The standard InChI is InChI=1S/C29H28FN5O2/c1-20-7-5-16-35-18-24(31-28(20)35)19-37-27-10-4-3-9-25(27)29(36)34(2)15-6-8-23-17-26(33-32-23)21-11-13-22(30)14-12-21/h3-5,7,9-14,16-18H,6,8,15,19H2,1-2H3,(H,32,33). The molecule has 2 aromatic carbocycles. The lowest BCUT2D eigenvalue weighted by Gasteiger charge is -2.19. The second-order valence-corrected chi connectivity index (χ2v) is 9.05. The van der Waals surface area contributed by atoms with Crippen molar-refractivity contribution in [2.75, 3.05) is 13.6 Å². The summed E-state index contributed by atoms with van der Waals surface area (Å²) in [6.07, 6.45) is 5.39. The third-order valence-corrected chi connectivity index (χ3v) is 6.28. The van der Waals surface area contributed by atoms with Crippen LogP contribution in [0.15, 0.2) is 79.1 Å². The number of hydrogen-bond acceptors (Lipinski definition) is 4. The van der Waals surface area contributed by atoms with Crippen LogP contribution < -0.4 is 4.74 Å². The molecule has 7 nitrogen and oxygen atoms in total. The van der Waals surface area contributed by atoms with Crippen molar-refractivity contribution in [3.05, 3.63) is 107 Å². The van der Waals surface area contributed by atoms with Crippen LogP contribution in [0.25, 0.3) is 16.9 Å². The first kappa shape index (κ1) is 24.2. The van der Waals surface area contributed by atoms with Crippen LogP contribution in [-0.2, 0) is 13.0 Å². The van der Waals surface area contributed by atoms with Gasteiger partial charge in [0.2, 0.25) is 0 Å². The molecule has 37 heavy (non-hydrogen) atoms. The van der Waals surface area contributed by atoms with Crippen LogP contribution in [0.4, 0.5) is 4.39 Å². The molecule has 0 bridgehead atoms. The summed E-state index contributed by atoms with van der Waals surface area (Å²) in [6, 6.07) is 19.5. The van der Waals surface area contributed by atoms with Crippen LogP contribution in [0.3, 0.4) is 0 Å². The number of carbonyl (C=O) groups is 1. The van der Waals surface area contributed by atoms with Gasteiger partial charge in [-0.15, -0.1) is 0 Å². The molecule has 188 valence electrons. The number of H-pyrrole nitrogens is 1. The minimum atomic E-state index is -0.274. The van der Waals surface area contributed by atoms with E-state index < -0.39 is 0 Å². The number of amides is 1. The number of imidazole rings is 1. The molecule has 3 aromatic heterocycles. The number of aryl methyl sites for hydroxylation is 2. The number of pyridine rings is 1. The van der Waals surface area contributed by atoms with Gasteiger partial charge in [0.1, 0.15) is 23.8 Å². The third kappa shape index (κ3) is 5.53. The number of benzene rings is 2. The highest BCUT2D eigenvalue weighted by molar-refractivity contribution is 5.96. The fourth-order valence-corrected chi connectivity index (χ4v) is 4.27. The average Bonchev–Trinajstić information content (AvgIpc) is 3.55. The molecule has 0 aliphatic rings. The molecule has 5 aromatic rings. The lowest BCUT2D eigenvalue weighted by molar-refractivity contribution is 0.0788. The molecule has 0 unspecified atom stereocenters. The van der Waals surface area contributed by atoms with Crippen molar-refractivity contribution < 1.29 is 13.9 Å². The molecule has 0 atom stereocenters. The van der Waals surface area contributed by atoms with E-state index in [9.17, 15) is 9.18 Å². The largest absolute Gasteiger partial charge is 0.486 e. The van der Waals surface area contributed by atoms with E-state index in [1.165, 1.54) is 12.1 Å². The van der Waals surface area contributed by atoms with Gasteiger partial charge in [0, 0.05) is 37.2 Å². The van der Waals surface area contributed by atoms with Crippen LogP contribution in [0, 0.1) is 12.7 Å². The van der Waals surface area contributed by atoms with Crippen LogP contribution >= 0.6 is 0 Å². The van der Waals surface area contributed by atoms with Crippen molar-refractivity contribution >= 4 is 11.6 Å². The van der Waals surface area contributed by atoms with Crippen LogP contribution in [0.2, 0.25) is 0 Å². The van der Waals surface area contributed by atoms with Gasteiger partial charge in [-0.3, -0.25) is 9.89 Å². The monoisotopic (exact) mass is 497 g/mol. The third-order valence-electron chi connectivity index (χ3n) is 6.28. The van der Waals surface area contributed by atoms with Gasteiger partial charge in [0.05, 0.1) is 17.0 Å². The van der Waals surface area contributed by atoms with E-state index in [4.69, 9.17) is 4.74 Å². The number of para-hydroxylation sites is 1. The first-order valence-corrected chi connectivity index (χ1v) is 12.2. The van der Waals surface area contributed by atoms with Crippen molar-refractivity contribution in [1.29, 1.82) is 0 Å². The van der Waals surface area contributed by atoms with E-state index in [0.29, 0.717) is 17.9 Å². The number of nitrogens with one attached hydrogen (secondary N) is 1. The molecule has 8 heteroatoms. The number of halogens is 1. The Morgan fingerprint density at radius 2 is 1.92 bits per heavy atom. The zero-order valence-electron chi connectivity index (χ0n) is 20.8. The van der Waals surface area contributed by atoms with Gasteiger partial charge in [-0.1, -0.05) is 18.2 Å². The summed E-state index contributed by atoms with van der Waals surface area (Å²) in [4.78, 5) is 19.5. The summed E-state index contributed by atoms with van der Waals surface area (Å²) >= 11 is 0. The number of aromatic nitrogens is 4. The average molecular weight is 498 g/mol. The van der Waals surface area contributed by atoms with Gasteiger partial charge >= 0.3 is 0 Å². The summed E-state index contributed by atoms with van der Waals surface area (Å²) < 4.78 is 21.2. The van der Waals surface area contributed by atoms with Gasteiger partial charge < -0.3 is 14.0 Å². The lowest BCUT2D eigenvalue weighted by Crippen LogP contribution is -2.28. The molecular weight excluding hydrogens is 469 g/mol. The van der Waals surface area contributed by atoms with Crippen molar-refractivity contribution in [1.82, 2.24) is 24.5 Å². The molecule has 0 spiro atoms. The summed E-state index contributed by atoms with van der Waals surface area (Å²) in [5.74, 6) is 0.160. The molecule has 5 rings (SSSR count). The Labute approximate surface area is 214 Å². The summed E-state index contributed by atoms with van der Waals surface area (Å²) in [7, 11) is 1.79. The molecular formula is C29H28FN5O2. The molecule has 1 N–H and O–H groups in total. The Kier molecular flexibility index (Phi) is 6.98. The summed E-state index contributed by atoms with van der Waals surface area (Å²) in [5.41, 5.74) is 5.89. The van der Waals surface area contributed by atoms with Gasteiger partial charge in [-0.05, 0) is 73.9 Å². The minimum absolute atomic E-state index is 0.0990. The molecule has 0 fully saturated rings. The fraction of sp³-hybridized carbons (Fsp3) is 0.207. The number of fused-ring (bicyclic) bond motifs is 1. The van der Waals surface area contributed by atoms with Crippen molar-refractivity contribution in [2.45, 2.75) is 26.4 Å². The molecule has 0 aliphatic carbocycles. The van der Waals surface area contributed by atoms with Gasteiger partial charge in [-0.25, -0.2) is 9.37 Å². The summed E-state index contributed by atoms with van der Waals surface area (Å²) in [6.45, 7) is 2.86. The zero-order chi connectivity index (χ0) is 25.8. The number of nitrogens with zero attached hydrogens (tertiary/aromatic N) is 4. The van der Waals surface area contributed by atoms with E-state index in [1.54, 1.807) is 30.1 Å². The molecule has 0 aliphatic heterocycles. The minimum Gasteiger partial charge on any atom is -0.486 e. The van der Waals surface area contributed by atoms with Crippen LogP contribution in [0.5, 0.6) is 5.75 Å². The topological polar surface area (TPSA) is 75.5 Å². The van der Waals surface area contributed by atoms with Gasteiger partial charge in [0.15, 0.2) is 0 Å². The maximum Gasteiger partial charge on any atom is 0.257 e. The van der Waals surface area contributed by atoms with Gasteiger partial charge in [0.25, 0.3) is 5.91 Å². The number of hydrogen-bond donors (Lipinski definition) is 1. The molecule has 0 radical (unpaired) electrons. The lowest BCUT2D eigenvalue weighted by atomic mass is 10.1. The Morgan fingerprint density at radius 3 is 2.73 bits per heavy atom. The second-order valence-electron chi connectivity index (χ2n) is 9.05. The molecule has 1 amide bonds. The second kappa shape index (κ2) is 10.7. The fourth-order valence-electron chi connectivity index (χ4n) is 4.27. The highest BCUT2D eigenvalue weighted by Gasteiger charge is 2.17. The van der Waals surface area contributed by atoms with E-state index >= 15 is 0 Å². The molecule has 3 heterocycles. The predicted molar refractivity (Wildman–Crippen MR) is 140 cm³/mol. The van der Waals surface area contributed by atoms with Crippen molar-refractivity contribution in [3.63, 3.8) is 0 Å². The smallest absolute Gasteiger partial charge is 0.257 e. The predicted octanol–water partition coefficient (Wildman–Crippen LogP) is 5.46.